The smallest absolute Gasteiger partial charge is 0.165 e. The van der Waals surface area contributed by atoms with Gasteiger partial charge in [0.05, 0.1) is 6.33 Å². The molecular formula is C16H21N5O. The molecule has 3 saturated carbocycles. The van der Waals surface area contributed by atoms with Gasteiger partial charge in [0.1, 0.15) is 11.8 Å². The highest BCUT2D eigenvalue weighted by Gasteiger charge is 2.48. The van der Waals surface area contributed by atoms with Gasteiger partial charge in [-0.05, 0) is 43.9 Å². The maximum Gasteiger partial charge on any atom is 0.165 e. The molecule has 3 fully saturated rings. The first-order valence-electron chi connectivity index (χ1n) is 8.40. The molecule has 0 aliphatic heterocycles. The van der Waals surface area contributed by atoms with Crippen LogP contribution in [0.15, 0.2) is 12.7 Å². The first-order valence-corrected chi connectivity index (χ1v) is 8.40. The summed E-state index contributed by atoms with van der Waals surface area (Å²) in [5, 5.41) is 13.3. The predicted molar refractivity (Wildman–Crippen MR) is 82.4 cm³/mol. The van der Waals surface area contributed by atoms with Crippen LogP contribution in [0.2, 0.25) is 0 Å². The van der Waals surface area contributed by atoms with Gasteiger partial charge in [0.25, 0.3) is 0 Å². The van der Waals surface area contributed by atoms with E-state index >= 15 is 0 Å². The van der Waals surface area contributed by atoms with Crippen LogP contribution in [0.3, 0.4) is 0 Å². The molecule has 5 rings (SSSR count). The summed E-state index contributed by atoms with van der Waals surface area (Å²) < 4.78 is 2.21. The topological polar surface area (TPSA) is 75.9 Å². The highest BCUT2D eigenvalue weighted by Crippen LogP contribution is 2.54. The first kappa shape index (κ1) is 12.8. The summed E-state index contributed by atoms with van der Waals surface area (Å²) in [6.07, 6.45) is 9.74. The van der Waals surface area contributed by atoms with Gasteiger partial charge in [-0.3, -0.25) is 0 Å². The number of imidazole rings is 1. The minimum Gasteiger partial charge on any atom is -0.396 e. The molecule has 2 aromatic heterocycles. The van der Waals surface area contributed by atoms with E-state index in [-0.39, 0.29) is 6.61 Å². The summed E-state index contributed by atoms with van der Waals surface area (Å²) >= 11 is 0. The number of rotatable bonds is 4. The second-order valence-corrected chi connectivity index (χ2v) is 7.14. The number of aromatic nitrogens is 4. The van der Waals surface area contributed by atoms with Crippen molar-refractivity contribution in [3.05, 3.63) is 12.7 Å². The van der Waals surface area contributed by atoms with Crippen LogP contribution >= 0.6 is 0 Å². The summed E-state index contributed by atoms with van der Waals surface area (Å²) in [6, 6.07) is 0.897. The number of hydrogen-bond acceptors (Lipinski definition) is 5. The molecule has 116 valence electrons. The monoisotopic (exact) mass is 299 g/mol. The summed E-state index contributed by atoms with van der Waals surface area (Å²) in [7, 11) is 0. The molecule has 0 amide bonds. The van der Waals surface area contributed by atoms with Crippen molar-refractivity contribution in [2.75, 3.05) is 11.9 Å². The van der Waals surface area contributed by atoms with Crippen LogP contribution in [-0.4, -0.2) is 37.3 Å². The van der Waals surface area contributed by atoms with E-state index in [9.17, 15) is 5.11 Å². The number of aliphatic hydroxyl groups is 1. The zero-order valence-electron chi connectivity index (χ0n) is 12.5. The zero-order valence-corrected chi connectivity index (χ0v) is 12.5. The lowest BCUT2D eigenvalue weighted by Crippen LogP contribution is -2.28. The van der Waals surface area contributed by atoms with Crippen LogP contribution in [0.25, 0.3) is 11.2 Å². The van der Waals surface area contributed by atoms with Crippen LogP contribution in [0.5, 0.6) is 0 Å². The molecule has 2 N–H and O–H groups in total. The van der Waals surface area contributed by atoms with Crippen molar-refractivity contribution in [1.82, 2.24) is 19.5 Å². The number of nitrogens with zero attached hydrogens (tertiary/aromatic N) is 4. The lowest BCUT2D eigenvalue weighted by Gasteiger charge is -2.30. The molecule has 3 aliphatic rings. The molecule has 6 nitrogen and oxygen atoms in total. The summed E-state index contributed by atoms with van der Waals surface area (Å²) in [4.78, 5) is 13.5. The second-order valence-electron chi connectivity index (χ2n) is 7.14. The van der Waals surface area contributed by atoms with Crippen molar-refractivity contribution in [3.63, 3.8) is 0 Å². The van der Waals surface area contributed by atoms with Crippen molar-refractivity contribution in [2.24, 2.45) is 17.8 Å². The van der Waals surface area contributed by atoms with Crippen molar-refractivity contribution in [2.45, 2.75) is 44.2 Å². The standard InChI is InChI=1S/C16H21N5O/c22-6-12-9-1-2-10(5-9)14(12)21-8-19-13-15(20-11-3-4-11)17-7-18-16(13)21/h7-12,14,22H,1-6H2,(H,17,18,20)/t9-,10+,12+,14+/m1/s1. The van der Waals surface area contributed by atoms with E-state index in [0.717, 1.165) is 17.0 Å². The van der Waals surface area contributed by atoms with Gasteiger partial charge in [-0.2, -0.15) is 0 Å². The normalized spacial score (nSPS) is 33.7. The maximum absolute atomic E-state index is 9.83. The molecule has 6 heteroatoms. The first-order chi connectivity index (χ1) is 10.8. The minimum absolute atomic E-state index is 0.268. The molecule has 0 aromatic carbocycles. The third-order valence-electron chi connectivity index (χ3n) is 5.85. The Hall–Kier alpha value is -1.69. The van der Waals surface area contributed by atoms with E-state index in [1.54, 1.807) is 6.33 Å². The Labute approximate surface area is 129 Å². The predicted octanol–water partition coefficient (Wildman–Crippen LogP) is 1.98. The fraction of sp³-hybridized carbons (Fsp3) is 0.688. The van der Waals surface area contributed by atoms with Gasteiger partial charge in [-0.1, -0.05) is 0 Å². The fourth-order valence-corrected chi connectivity index (χ4v) is 4.67. The SMILES string of the molecule is OC[C@H]1[C@@H]2CC[C@@H](C2)[C@@H]1n1cnc2c(NC3CC3)ncnc21. The van der Waals surface area contributed by atoms with Crippen molar-refractivity contribution in [1.29, 1.82) is 0 Å². The molecular weight excluding hydrogens is 278 g/mol. The van der Waals surface area contributed by atoms with Gasteiger partial charge in [-0.25, -0.2) is 15.0 Å². The third-order valence-corrected chi connectivity index (χ3v) is 5.85. The van der Waals surface area contributed by atoms with E-state index in [0.29, 0.717) is 29.8 Å². The van der Waals surface area contributed by atoms with Gasteiger partial charge in [0.2, 0.25) is 0 Å². The Balaban J connectivity index is 1.57. The lowest BCUT2D eigenvalue weighted by atomic mass is 9.85. The third kappa shape index (κ3) is 1.79. The van der Waals surface area contributed by atoms with Crippen LogP contribution < -0.4 is 5.32 Å². The zero-order chi connectivity index (χ0) is 14.7. The molecule has 3 aliphatic carbocycles. The highest BCUT2D eigenvalue weighted by molar-refractivity contribution is 5.83. The quantitative estimate of drug-likeness (QED) is 0.903. The fourth-order valence-electron chi connectivity index (χ4n) is 4.67. The molecule has 0 saturated heterocycles. The van der Waals surface area contributed by atoms with Crippen LogP contribution in [0.1, 0.15) is 38.1 Å². The van der Waals surface area contributed by atoms with E-state index in [4.69, 9.17) is 0 Å². The highest BCUT2D eigenvalue weighted by atomic mass is 16.3. The molecule has 2 bridgehead atoms. The Morgan fingerprint density at radius 1 is 1.14 bits per heavy atom. The van der Waals surface area contributed by atoms with Crippen molar-refractivity contribution < 1.29 is 5.11 Å². The van der Waals surface area contributed by atoms with Gasteiger partial charge in [-0.15, -0.1) is 0 Å². The molecule has 0 radical (unpaired) electrons. The molecule has 22 heavy (non-hydrogen) atoms. The van der Waals surface area contributed by atoms with E-state index in [2.05, 4.69) is 24.8 Å². The number of fused-ring (bicyclic) bond motifs is 3. The van der Waals surface area contributed by atoms with Crippen molar-refractivity contribution in [3.8, 4) is 0 Å². The number of anilines is 1. The second kappa shape index (κ2) is 4.65. The van der Waals surface area contributed by atoms with E-state index in [1.165, 1.54) is 32.1 Å². The summed E-state index contributed by atoms with van der Waals surface area (Å²) in [6.45, 7) is 0.268. The van der Waals surface area contributed by atoms with Gasteiger partial charge in [0.15, 0.2) is 11.5 Å². The maximum atomic E-state index is 9.83. The van der Waals surface area contributed by atoms with Crippen LogP contribution in [-0.2, 0) is 0 Å². The van der Waals surface area contributed by atoms with E-state index < -0.39 is 0 Å². The number of aliphatic hydroxyl groups excluding tert-OH is 1. The Bertz CT molecular complexity index is 710. The Kier molecular flexibility index (Phi) is 2.71. The molecule has 2 heterocycles. The summed E-state index contributed by atoms with van der Waals surface area (Å²) in [5.41, 5.74) is 1.78. The Morgan fingerprint density at radius 3 is 2.82 bits per heavy atom. The van der Waals surface area contributed by atoms with Gasteiger partial charge >= 0.3 is 0 Å². The van der Waals surface area contributed by atoms with Crippen LogP contribution in [0, 0.1) is 17.8 Å². The van der Waals surface area contributed by atoms with E-state index in [1.807, 2.05) is 6.33 Å². The average molecular weight is 299 g/mol. The molecule has 0 spiro atoms. The van der Waals surface area contributed by atoms with Gasteiger partial charge < -0.3 is 15.0 Å². The Morgan fingerprint density at radius 2 is 2.00 bits per heavy atom. The molecule has 2 aromatic rings. The summed E-state index contributed by atoms with van der Waals surface area (Å²) in [5.74, 6) is 2.54. The minimum atomic E-state index is 0.268. The largest absolute Gasteiger partial charge is 0.396 e. The average Bonchev–Trinajstić information content (AvgIpc) is 2.99. The molecule has 4 atom stereocenters. The lowest BCUT2D eigenvalue weighted by molar-refractivity contribution is 0.130. The van der Waals surface area contributed by atoms with Crippen molar-refractivity contribution >= 4 is 17.0 Å². The number of nitrogens with one attached hydrogen (secondary N) is 1. The number of hydrogen-bond donors (Lipinski definition) is 2. The van der Waals surface area contributed by atoms with Crippen LogP contribution in [0.4, 0.5) is 5.82 Å². The van der Waals surface area contributed by atoms with Gasteiger partial charge in [0, 0.05) is 24.6 Å². The molecule has 0 unspecified atom stereocenters.